The van der Waals surface area contributed by atoms with Crippen molar-refractivity contribution in [2.75, 3.05) is 0 Å². The van der Waals surface area contributed by atoms with Crippen molar-refractivity contribution in [2.24, 2.45) is 0 Å². The zero-order valence-corrected chi connectivity index (χ0v) is 19.3. The second kappa shape index (κ2) is 5.17. The first kappa shape index (κ1) is 15.6. The molecule has 0 amide bonds. The number of thiophene rings is 1. The third-order valence-electron chi connectivity index (χ3n) is 4.86. The van der Waals surface area contributed by atoms with Gasteiger partial charge in [0.05, 0.1) is 0 Å². The second-order valence-electron chi connectivity index (χ2n) is 6.56. The molecule has 0 spiro atoms. The molecule has 0 fully saturated rings. The number of fused-ring (bicyclic) bond motifs is 4. The van der Waals surface area contributed by atoms with E-state index in [-0.39, 0.29) is 26.1 Å². The minimum atomic E-state index is -2.12. The Hall–Kier alpha value is -0.678. The Balaban J connectivity index is 1.63. The standard InChI is InChI=1S/C18H12GeO2SSe2/c1-19(2)12-4-6-23-17(12)18-13(19)8-9(24-18)7-11-14(20)10-3-5-22-16(10)15(11)21/h3-8H,1-2H3/b11-7+. The molecule has 2 nitrogen and oxygen atoms in total. The van der Waals surface area contributed by atoms with E-state index in [1.165, 1.54) is 15.8 Å². The van der Waals surface area contributed by atoms with Crippen molar-refractivity contribution in [1.29, 1.82) is 0 Å². The third kappa shape index (κ3) is 1.94. The molecule has 4 heterocycles. The fraction of sp³-hybridized carbons (Fsp3) is 0.111. The second-order valence-corrected chi connectivity index (χ2v) is 20.8. The number of ketones is 2. The monoisotopic (exact) mass is 526 g/mol. The summed E-state index contributed by atoms with van der Waals surface area (Å²) in [6.07, 6.45) is 1.89. The fourth-order valence-corrected chi connectivity index (χ4v) is 23.3. The molecule has 0 unspecified atom stereocenters. The van der Waals surface area contributed by atoms with E-state index in [1.807, 2.05) is 11.5 Å². The SMILES string of the molecule is [CH3][Ge]1([CH3])[c]2cc[se]c2-c2[se]c(/C=C3\C(=O)c4ccsc4C3=O)c[c]21. The summed E-state index contributed by atoms with van der Waals surface area (Å²) in [5.41, 5.74) is 0.967. The molecule has 0 radical (unpaired) electrons. The molecule has 118 valence electrons. The van der Waals surface area contributed by atoms with Crippen LogP contribution in [0.1, 0.15) is 24.5 Å². The quantitative estimate of drug-likeness (QED) is 0.279. The van der Waals surface area contributed by atoms with Crippen LogP contribution in [-0.2, 0) is 0 Å². The number of hydrogen-bond donors (Lipinski definition) is 0. The van der Waals surface area contributed by atoms with Crippen LogP contribution in [0.2, 0.25) is 11.5 Å². The maximum atomic E-state index is 12.5. The Morgan fingerprint density at radius 1 is 1.08 bits per heavy atom. The molecule has 3 aromatic rings. The molecule has 6 heteroatoms. The molecule has 0 bridgehead atoms. The van der Waals surface area contributed by atoms with Gasteiger partial charge in [-0.25, -0.2) is 0 Å². The Morgan fingerprint density at radius 3 is 2.71 bits per heavy atom. The van der Waals surface area contributed by atoms with E-state index < -0.39 is 13.3 Å². The molecule has 2 aliphatic rings. The van der Waals surface area contributed by atoms with Crippen LogP contribution < -0.4 is 8.79 Å². The Kier molecular flexibility index (Phi) is 3.35. The van der Waals surface area contributed by atoms with Crippen LogP contribution in [0, 0.1) is 0 Å². The Bertz CT molecular complexity index is 1050. The van der Waals surface area contributed by atoms with Gasteiger partial charge in [0.15, 0.2) is 0 Å². The zero-order valence-electron chi connectivity index (χ0n) is 13.0. The van der Waals surface area contributed by atoms with Gasteiger partial charge in [0.2, 0.25) is 0 Å². The summed E-state index contributed by atoms with van der Waals surface area (Å²) in [4.78, 5) is 28.0. The summed E-state index contributed by atoms with van der Waals surface area (Å²) in [7, 11) is 0. The van der Waals surface area contributed by atoms with Crippen LogP contribution in [0.4, 0.5) is 0 Å². The summed E-state index contributed by atoms with van der Waals surface area (Å²) in [5.74, 6) is 4.76. The number of carbonyl (C=O) groups excluding carboxylic acids is 2. The molecule has 0 saturated carbocycles. The van der Waals surface area contributed by atoms with Crippen molar-refractivity contribution in [3.63, 3.8) is 0 Å². The number of rotatable bonds is 1. The minimum absolute atomic E-state index is 0.0822. The first-order valence-electron chi connectivity index (χ1n) is 7.59. The van der Waals surface area contributed by atoms with Gasteiger partial charge in [-0.05, 0) is 0 Å². The van der Waals surface area contributed by atoms with Gasteiger partial charge in [0, 0.05) is 0 Å². The summed E-state index contributed by atoms with van der Waals surface area (Å²) in [6, 6.07) is 6.46. The molecular weight excluding hydrogens is 511 g/mol. The fourth-order valence-electron chi connectivity index (χ4n) is 3.54. The van der Waals surface area contributed by atoms with Crippen molar-refractivity contribution in [3.8, 4) is 8.87 Å². The van der Waals surface area contributed by atoms with Gasteiger partial charge in [-0.1, -0.05) is 0 Å². The predicted octanol–water partition coefficient (Wildman–Crippen LogP) is 2.13. The van der Waals surface area contributed by atoms with Gasteiger partial charge < -0.3 is 0 Å². The van der Waals surface area contributed by atoms with E-state index in [2.05, 4.69) is 28.6 Å². The molecule has 0 saturated heterocycles. The third-order valence-corrected chi connectivity index (χ3v) is 19.7. The average Bonchev–Trinajstić information content (AvgIpc) is 3.31. The van der Waals surface area contributed by atoms with Gasteiger partial charge in [-0.2, -0.15) is 0 Å². The van der Waals surface area contributed by atoms with Crippen LogP contribution in [0.25, 0.3) is 15.0 Å². The van der Waals surface area contributed by atoms with E-state index in [0.717, 1.165) is 0 Å². The summed E-state index contributed by atoms with van der Waals surface area (Å²) in [6.45, 7) is 0. The zero-order chi connectivity index (χ0) is 16.6. The predicted molar refractivity (Wildman–Crippen MR) is 103 cm³/mol. The van der Waals surface area contributed by atoms with Gasteiger partial charge in [-0.3, -0.25) is 0 Å². The molecule has 24 heavy (non-hydrogen) atoms. The Morgan fingerprint density at radius 2 is 1.92 bits per heavy atom. The molecule has 1 aliphatic carbocycles. The Labute approximate surface area is 158 Å². The van der Waals surface area contributed by atoms with Crippen LogP contribution in [0.15, 0.2) is 34.1 Å². The van der Waals surface area contributed by atoms with E-state index in [4.69, 9.17) is 0 Å². The molecule has 0 N–H and O–H groups in total. The van der Waals surface area contributed by atoms with Crippen LogP contribution in [-0.4, -0.2) is 53.8 Å². The molecule has 3 aromatic heterocycles. The number of allylic oxidation sites excluding steroid dienone is 1. The van der Waals surface area contributed by atoms with E-state index >= 15 is 0 Å². The van der Waals surface area contributed by atoms with Crippen molar-refractivity contribution in [3.05, 3.63) is 49.0 Å². The normalized spacial score (nSPS) is 19.0. The van der Waals surface area contributed by atoms with Crippen molar-refractivity contribution < 1.29 is 9.59 Å². The summed E-state index contributed by atoms with van der Waals surface area (Å²) < 4.78 is 7.65. The molecule has 1 aliphatic heterocycles. The molecule has 0 atom stereocenters. The van der Waals surface area contributed by atoms with Gasteiger partial charge in [-0.15, -0.1) is 0 Å². The summed E-state index contributed by atoms with van der Waals surface area (Å²) >= 11 is -0.0165. The summed E-state index contributed by atoms with van der Waals surface area (Å²) in [5, 5.41) is 1.82. The van der Waals surface area contributed by atoms with Crippen molar-refractivity contribution in [2.45, 2.75) is 11.5 Å². The first-order valence-corrected chi connectivity index (χ1v) is 18.3. The van der Waals surface area contributed by atoms with Crippen LogP contribution >= 0.6 is 11.3 Å². The number of carbonyl (C=O) groups is 2. The number of Topliss-reactive ketones (excluding diaryl/α,β-unsaturated/α-hetero) is 2. The van der Waals surface area contributed by atoms with E-state index in [0.29, 0.717) is 30.5 Å². The average molecular weight is 523 g/mol. The molecular formula is C18H12GeO2SSe2. The number of hydrogen-bond acceptors (Lipinski definition) is 3. The van der Waals surface area contributed by atoms with Crippen LogP contribution in [0.3, 0.4) is 0 Å². The van der Waals surface area contributed by atoms with Gasteiger partial charge >= 0.3 is 159 Å². The van der Waals surface area contributed by atoms with Crippen molar-refractivity contribution >= 4 is 80.0 Å². The van der Waals surface area contributed by atoms with Crippen molar-refractivity contribution in [1.82, 2.24) is 0 Å². The molecule has 5 rings (SSSR count). The topological polar surface area (TPSA) is 34.1 Å². The van der Waals surface area contributed by atoms with Crippen LogP contribution in [0.5, 0.6) is 0 Å². The first-order chi connectivity index (χ1) is 11.5. The van der Waals surface area contributed by atoms with Gasteiger partial charge in [0.1, 0.15) is 0 Å². The van der Waals surface area contributed by atoms with E-state index in [1.54, 1.807) is 23.7 Å². The van der Waals surface area contributed by atoms with Gasteiger partial charge in [0.25, 0.3) is 0 Å². The molecule has 0 aromatic carbocycles. The maximum absolute atomic E-state index is 12.5. The van der Waals surface area contributed by atoms with E-state index in [9.17, 15) is 9.59 Å².